The molecule has 1 aliphatic carbocycles. The van der Waals surface area contributed by atoms with Gasteiger partial charge in [-0.05, 0) is 55.7 Å². The van der Waals surface area contributed by atoms with Gasteiger partial charge in [-0.2, -0.15) is 5.10 Å². The normalized spacial score (nSPS) is 18.9. The first kappa shape index (κ1) is 23.7. The van der Waals surface area contributed by atoms with Crippen molar-refractivity contribution in [2.45, 2.75) is 58.9 Å². The van der Waals surface area contributed by atoms with Crippen LogP contribution >= 0.6 is 0 Å². The molecule has 3 heterocycles. The van der Waals surface area contributed by atoms with E-state index in [2.05, 4.69) is 32.8 Å². The highest BCUT2D eigenvalue weighted by atomic mass is 16.5. The number of nitrogens with one attached hydrogen (secondary N) is 2. The van der Waals surface area contributed by atoms with E-state index in [1.165, 1.54) is 6.26 Å². The maximum absolute atomic E-state index is 13.4. The van der Waals surface area contributed by atoms with Crippen LogP contribution in [0, 0.1) is 18.8 Å². The SMILES string of the molecule is CCc1nocc1C(=O)N[C@H](C(=O)Nc1ccc(-c2c(C)cnn2C)nc1)C1CCC(C)CC1. The molecule has 4 rings (SSSR count). The topological polar surface area (TPSA) is 115 Å². The summed E-state index contributed by atoms with van der Waals surface area (Å²) in [4.78, 5) is 30.9. The van der Waals surface area contributed by atoms with Crippen molar-refractivity contribution in [3.05, 3.63) is 47.6 Å². The third-order valence-electron chi connectivity index (χ3n) is 6.72. The Labute approximate surface area is 199 Å². The average molecular weight is 465 g/mol. The molecule has 1 aliphatic rings. The largest absolute Gasteiger partial charge is 0.364 e. The van der Waals surface area contributed by atoms with Crippen LogP contribution in [0.25, 0.3) is 11.4 Å². The Morgan fingerprint density at radius 2 is 1.97 bits per heavy atom. The van der Waals surface area contributed by atoms with Crippen LogP contribution in [0.5, 0.6) is 0 Å². The molecule has 0 unspecified atom stereocenters. The highest BCUT2D eigenvalue weighted by molar-refractivity contribution is 6.01. The lowest BCUT2D eigenvalue weighted by Gasteiger charge is -2.32. The Balaban J connectivity index is 1.51. The molecule has 0 spiro atoms. The lowest BCUT2D eigenvalue weighted by molar-refractivity contribution is -0.119. The number of hydrogen-bond donors (Lipinski definition) is 2. The molecule has 3 aromatic rings. The van der Waals surface area contributed by atoms with Gasteiger partial charge in [-0.15, -0.1) is 0 Å². The van der Waals surface area contributed by atoms with E-state index in [9.17, 15) is 9.59 Å². The van der Waals surface area contributed by atoms with Crippen molar-refractivity contribution in [2.75, 3.05) is 5.32 Å². The number of aryl methyl sites for hydroxylation is 3. The van der Waals surface area contributed by atoms with Gasteiger partial charge < -0.3 is 15.2 Å². The first-order valence-electron chi connectivity index (χ1n) is 11.9. The molecule has 0 aliphatic heterocycles. The van der Waals surface area contributed by atoms with Gasteiger partial charge in [0.15, 0.2) is 0 Å². The van der Waals surface area contributed by atoms with Gasteiger partial charge in [0.05, 0.1) is 35.2 Å². The molecular weight excluding hydrogens is 432 g/mol. The summed E-state index contributed by atoms with van der Waals surface area (Å²) in [6.07, 6.45) is 9.21. The fourth-order valence-electron chi connectivity index (χ4n) is 4.68. The smallest absolute Gasteiger partial charge is 0.257 e. The van der Waals surface area contributed by atoms with E-state index in [1.54, 1.807) is 17.1 Å². The van der Waals surface area contributed by atoms with Crippen LogP contribution in [0.3, 0.4) is 0 Å². The third-order valence-corrected chi connectivity index (χ3v) is 6.72. The number of amides is 2. The van der Waals surface area contributed by atoms with E-state index in [1.807, 2.05) is 33.0 Å². The van der Waals surface area contributed by atoms with Crippen LogP contribution in [0.4, 0.5) is 5.69 Å². The van der Waals surface area contributed by atoms with E-state index in [0.29, 0.717) is 29.3 Å². The van der Waals surface area contributed by atoms with Crippen molar-refractivity contribution >= 4 is 17.5 Å². The second kappa shape index (κ2) is 10.2. The van der Waals surface area contributed by atoms with Crippen molar-refractivity contribution in [1.29, 1.82) is 0 Å². The summed E-state index contributed by atoms with van der Waals surface area (Å²) in [5, 5.41) is 14.1. The number of carbonyl (C=O) groups is 2. The molecule has 9 heteroatoms. The second-order valence-electron chi connectivity index (χ2n) is 9.22. The number of anilines is 1. The fraction of sp³-hybridized carbons (Fsp3) is 0.480. The van der Waals surface area contributed by atoms with E-state index < -0.39 is 6.04 Å². The molecule has 9 nitrogen and oxygen atoms in total. The summed E-state index contributed by atoms with van der Waals surface area (Å²) in [5.41, 5.74) is 4.28. The Hall–Kier alpha value is -3.49. The summed E-state index contributed by atoms with van der Waals surface area (Å²) in [6.45, 7) is 6.12. The van der Waals surface area contributed by atoms with Gasteiger partial charge in [-0.3, -0.25) is 19.3 Å². The zero-order valence-electron chi connectivity index (χ0n) is 20.2. The van der Waals surface area contributed by atoms with Crippen LogP contribution in [0.15, 0.2) is 35.3 Å². The van der Waals surface area contributed by atoms with Crippen LogP contribution in [0.2, 0.25) is 0 Å². The predicted octanol–water partition coefficient (Wildman–Crippen LogP) is 3.90. The molecule has 180 valence electrons. The number of rotatable bonds is 7. The summed E-state index contributed by atoms with van der Waals surface area (Å²) in [7, 11) is 1.87. The quantitative estimate of drug-likeness (QED) is 0.548. The molecule has 34 heavy (non-hydrogen) atoms. The fourth-order valence-corrected chi connectivity index (χ4v) is 4.68. The van der Waals surface area contributed by atoms with Gasteiger partial charge in [0, 0.05) is 7.05 Å². The van der Waals surface area contributed by atoms with Crippen molar-refractivity contribution in [2.24, 2.45) is 18.9 Å². The van der Waals surface area contributed by atoms with Crippen LogP contribution in [-0.2, 0) is 18.3 Å². The van der Waals surface area contributed by atoms with Gasteiger partial charge in [-0.25, -0.2) is 0 Å². The van der Waals surface area contributed by atoms with Crippen molar-refractivity contribution in [1.82, 2.24) is 25.2 Å². The molecule has 0 aromatic carbocycles. The van der Waals surface area contributed by atoms with Gasteiger partial charge in [0.1, 0.15) is 17.9 Å². The molecule has 1 atom stereocenters. The lowest BCUT2D eigenvalue weighted by atomic mass is 9.79. The number of nitrogens with zero attached hydrogens (tertiary/aromatic N) is 4. The van der Waals surface area contributed by atoms with Crippen molar-refractivity contribution in [3.8, 4) is 11.4 Å². The minimum absolute atomic E-state index is 0.0643. The number of hydrogen-bond acceptors (Lipinski definition) is 6. The average Bonchev–Trinajstić information content (AvgIpc) is 3.45. The van der Waals surface area contributed by atoms with E-state index in [4.69, 9.17) is 4.52 Å². The summed E-state index contributed by atoms with van der Waals surface area (Å²) in [5.74, 6) is 0.118. The number of carbonyl (C=O) groups excluding carboxylic acids is 2. The monoisotopic (exact) mass is 464 g/mol. The first-order valence-corrected chi connectivity index (χ1v) is 11.9. The third kappa shape index (κ3) is 5.03. The lowest BCUT2D eigenvalue weighted by Crippen LogP contribution is -2.49. The molecule has 2 N–H and O–H groups in total. The zero-order chi connectivity index (χ0) is 24.2. The molecular formula is C25H32N6O3. The molecule has 1 saturated carbocycles. The summed E-state index contributed by atoms with van der Waals surface area (Å²) < 4.78 is 6.77. The second-order valence-corrected chi connectivity index (χ2v) is 9.22. The minimum atomic E-state index is -0.654. The molecule has 1 fully saturated rings. The van der Waals surface area contributed by atoms with Gasteiger partial charge >= 0.3 is 0 Å². The Bertz CT molecular complexity index is 1120. The molecule has 0 saturated heterocycles. The van der Waals surface area contributed by atoms with Crippen molar-refractivity contribution < 1.29 is 14.1 Å². The van der Waals surface area contributed by atoms with E-state index in [-0.39, 0.29) is 17.7 Å². The molecule has 0 radical (unpaired) electrons. The zero-order valence-corrected chi connectivity index (χ0v) is 20.2. The summed E-state index contributed by atoms with van der Waals surface area (Å²) >= 11 is 0. The van der Waals surface area contributed by atoms with Gasteiger partial charge in [-0.1, -0.05) is 31.8 Å². The standard InChI is InChI=1S/C25H32N6O3/c1-5-20-19(14-34-30-20)24(32)29-22(17-8-6-15(2)7-9-17)25(33)28-18-10-11-21(26-13-18)23-16(3)12-27-31(23)4/h10-15,17,22H,5-9H2,1-4H3,(H,28,33)(H,29,32)/t15?,17?,22-/m0/s1. The van der Waals surface area contributed by atoms with Crippen molar-refractivity contribution in [3.63, 3.8) is 0 Å². The van der Waals surface area contributed by atoms with E-state index >= 15 is 0 Å². The maximum Gasteiger partial charge on any atom is 0.257 e. The maximum atomic E-state index is 13.4. The molecule has 0 bridgehead atoms. The van der Waals surface area contributed by atoms with E-state index in [0.717, 1.165) is 42.6 Å². The van der Waals surface area contributed by atoms with Gasteiger partial charge in [0.2, 0.25) is 5.91 Å². The highest BCUT2D eigenvalue weighted by Gasteiger charge is 2.33. The number of aromatic nitrogens is 4. The Kier molecular flexibility index (Phi) is 7.09. The number of pyridine rings is 1. The summed E-state index contributed by atoms with van der Waals surface area (Å²) in [6, 6.07) is 3.03. The van der Waals surface area contributed by atoms with Crippen LogP contribution in [0.1, 0.15) is 61.1 Å². The Morgan fingerprint density at radius 3 is 2.59 bits per heavy atom. The highest BCUT2D eigenvalue weighted by Crippen LogP contribution is 2.31. The first-order chi connectivity index (χ1) is 16.4. The minimum Gasteiger partial charge on any atom is -0.364 e. The van der Waals surface area contributed by atoms with Gasteiger partial charge in [0.25, 0.3) is 5.91 Å². The van der Waals surface area contributed by atoms with Crippen LogP contribution in [-0.4, -0.2) is 37.8 Å². The molecule has 2 amide bonds. The Morgan fingerprint density at radius 1 is 1.21 bits per heavy atom. The molecule has 3 aromatic heterocycles. The predicted molar refractivity (Wildman–Crippen MR) is 128 cm³/mol. The van der Waals surface area contributed by atoms with Crippen LogP contribution < -0.4 is 10.6 Å².